The highest BCUT2D eigenvalue weighted by molar-refractivity contribution is 6.31. The molecule has 0 amide bonds. The van der Waals surface area contributed by atoms with Crippen LogP contribution in [0.5, 0.6) is 11.5 Å². The third kappa shape index (κ3) is 4.13. The molecule has 0 aromatic heterocycles. The van der Waals surface area contributed by atoms with Crippen molar-refractivity contribution < 1.29 is 9.47 Å². The van der Waals surface area contributed by atoms with E-state index in [1.807, 2.05) is 42.5 Å². The number of rotatable bonds is 6. The average molecular weight is 305 g/mol. The van der Waals surface area contributed by atoms with Crippen LogP contribution in [0.4, 0.5) is 0 Å². The molecule has 4 nitrogen and oxygen atoms in total. The number of nitrogens with one attached hydrogen (secondary N) is 1. The lowest BCUT2D eigenvalue weighted by Crippen LogP contribution is -2.06. The molecule has 0 saturated heterocycles. The van der Waals surface area contributed by atoms with Gasteiger partial charge in [-0.05, 0) is 23.8 Å². The predicted octanol–water partition coefficient (Wildman–Crippen LogP) is 3.48. The van der Waals surface area contributed by atoms with Crippen molar-refractivity contribution in [3.8, 4) is 11.5 Å². The molecule has 21 heavy (non-hydrogen) atoms. The number of hydrazone groups is 1. The Hall–Kier alpha value is -2.20. The lowest BCUT2D eigenvalue weighted by atomic mass is 10.2. The first-order chi connectivity index (χ1) is 10.2. The van der Waals surface area contributed by atoms with E-state index >= 15 is 0 Å². The topological polar surface area (TPSA) is 42.8 Å². The van der Waals surface area contributed by atoms with Crippen LogP contribution in [0.2, 0.25) is 5.02 Å². The maximum Gasteiger partial charge on any atom is 0.131 e. The Morgan fingerprint density at radius 2 is 1.95 bits per heavy atom. The van der Waals surface area contributed by atoms with Crippen LogP contribution >= 0.6 is 11.6 Å². The summed E-state index contributed by atoms with van der Waals surface area (Å²) in [6.07, 6.45) is 1.70. The van der Waals surface area contributed by atoms with E-state index in [4.69, 9.17) is 21.1 Å². The van der Waals surface area contributed by atoms with Crippen LogP contribution in [0.1, 0.15) is 11.1 Å². The first-order valence-electron chi connectivity index (χ1n) is 6.46. The van der Waals surface area contributed by atoms with Gasteiger partial charge >= 0.3 is 0 Å². The fourth-order valence-electron chi connectivity index (χ4n) is 1.81. The average Bonchev–Trinajstić information content (AvgIpc) is 2.53. The zero-order valence-corrected chi connectivity index (χ0v) is 12.7. The molecule has 110 valence electrons. The van der Waals surface area contributed by atoms with E-state index in [-0.39, 0.29) is 0 Å². The van der Waals surface area contributed by atoms with E-state index in [1.165, 1.54) is 0 Å². The summed E-state index contributed by atoms with van der Waals surface area (Å²) in [6, 6.07) is 13.2. The molecule has 5 heteroatoms. The highest BCUT2D eigenvalue weighted by Gasteiger charge is 2.02. The summed E-state index contributed by atoms with van der Waals surface area (Å²) >= 11 is 6.08. The first kappa shape index (κ1) is 15.2. The highest BCUT2D eigenvalue weighted by Crippen LogP contribution is 2.23. The summed E-state index contributed by atoms with van der Waals surface area (Å²) in [5.74, 6) is 1.45. The first-order valence-corrected chi connectivity index (χ1v) is 6.83. The predicted molar refractivity (Wildman–Crippen MR) is 85.4 cm³/mol. The van der Waals surface area contributed by atoms with Crippen LogP contribution in [-0.4, -0.2) is 20.4 Å². The standard InChI is InChI=1S/C16H17ClN2O2/c1-20-14-8-7-13(16(9-14)21-2)11-19-18-10-12-5-3-4-6-15(12)17/h3-9,11,18H,10H2,1-2H3/b19-11-. The minimum atomic E-state index is 0.564. The molecule has 2 rings (SSSR count). The summed E-state index contributed by atoms with van der Waals surface area (Å²) in [7, 11) is 3.23. The van der Waals surface area contributed by atoms with Gasteiger partial charge in [0.15, 0.2) is 0 Å². The number of nitrogens with zero attached hydrogens (tertiary/aromatic N) is 1. The molecule has 0 unspecified atom stereocenters. The van der Waals surface area contributed by atoms with Gasteiger partial charge in [-0.15, -0.1) is 0 Å². The van der Waals surface area contributed by atoms with Gasteiger partial charge in [0.2, 0.25) is 0 Å². The molecule has 0 atom stereocenters. The SMILES string of the molecule is COc1ccc(/C=N\NCc2ccccc2Cl)c(OC)c1. The smallest absolute Gasteiger partial charge is 0.131 e. The van der Waals surface area contributed by atoms with Gasteiger partial charge in [0.25, 0.3) is 0 Å². The Kier molecular flexibility index (Phi) is 5.46. The molecule has 0 aliphatic heterocycles. The van der Waals surface area contributed by atoms with Crippen LogP contribution in [0.3, 0.4) is 0 Å². The Balaban J connectivity index is 2.00. The molecular formula is C16H17ClN2O2. The van der Waals surface area contributed by atoms with E-state index in [0.717, 1.165) is 21.9 Å². The van der Waals surface area contributed by atoms with Crippen LogP contribution < -0.4 is 14.9 Å². The number of methoxy groups -OCH3 is 2. The van der Waals surface area contributed by atoms with Crippen LogP contribution in [0.15, 0.2) is 47.6 Å². The second-order valence-corrected chi connectivity index (χ2v) is 4.70. The molecular weight excluding hydrogens is 288 g/mol. The van der Waals surface area contributed by atoms with Crippen molar-refractivity contribution in [1.82, 2.24) is 5.43 Å². The van der Waals surface area contributed by atoms with E-state index in [9.17, 15) is 0 Å². The Morgan fingerprint density at radius 1 is 1.14 bits per heavy atom. The monoisotopic (exact) mass is 304 g/mol. The van der Waals surface area contributed by atoms with Gasteiger partial charge in [0.1, 0.15) is 11.5 Å². The van der Waals surface area contributed by atoms with Crippen molar-refractivity contribution >= 4 is 17.8 Å². The molecule has 0 aliphatic rings. The molecule has 2 aromatic carbocycles. The maximum atomic E-state index is 6.08. The summed E-state index contributed by atoms with van der Waals surface area (Å²) < 4.78 is 10.5. The number of hydrogen-bond donors (Lipinski definition) is 1. The molecule has 0 radical (unpaired) electrons. The van der Waals surface area contributed by atoms with Crippen LogP contribution in [0.25, 0.3) is 0 Å². The van der Waals surface area contributed by atoms with Gasteiger partial charge in [-0.3, -0.25) is 0 Å². The summed E-state index contributed by atoms with van der Waals surface area (Å²) in [5, 5.41) is 4.91. The Morgan fingerprint density at radius 3 is 2.67 bits per heavy atom. The third-order valence-corrected chi connectivity index (χ3v) is 3.33. The zero-order valence-electron chi connectivity index (χ0n) is 12.0. The number of halogens is 1. The quantitative estimate of drug-likeness (QED) is 0.656. The summed E-state index contributed by atoms with van der Waals surface area (Å²) in [4.78, 5) is 0. The molecule has 0 fully saturated rings. The maximum absolute atomic E-state index is 6.08. The van der Waals surface area contributed by atoms with Gasteiger partial charge in [-0.1, -0.05) is 29.8 Å². The van der Waals surface area contributed by atoms with E-state index in [2.05, 4.69) is 10.5 Å². The van der Waals surface area contributed by atoms with E-state index in [0.29, 0.717) is 12.3 Å². The zero-order chi connectivity index (χ0) is 15.1. The summed E-state index contributed by atoms with van der Waals surface area (Å²) in [5.41, 5.74) is 4.83. The van der Waals surface area contributed by atoms with Crippen molar-refractivity contribution in [2.75, 3.05) is 14.2 Å². The number of ether oxygens (including phenoxy) is 2. The normalized spacial score (nSPS) is 10.6. The van der Waals surface area contributed by atoms with E-state index < -0.39 is 0 Å². The third-order valence-electron chi connectivity index (χ3n) is 2.96. The molecule has 0 spiro atoms. The van der Waals surface area contributed by atoms with Gasteiger partial charge in [-0.25, -0.2) is 0 Å². The van der Waals surface area contributed by atoms with Gasteiger partial charge in [0.05, 0.1) is 27.0 Å². The van der Waals surface area contributed by atoms with Crippen LogP contribution in [0, 0.1) is 0 Å². The van der Waals surface area contributed by atoms with Crippen molar-refractivity contribution in [3.05, 3.63) is 58.6 Å². The molecule has 0 saturated carbocycles. The van der Waals surface area contributed by atoms with Crippen molar-refractivity contribution in [3.63, 3.8) is 0 Å². The molecule has 1 N–H and O–H groups in total. The molecule has 0 heterocycles. The molecule has 0 bridgehead atoms. The van der Waals surface area contributed by atoms with Crippen molar-refractivity contribution in [2.45, 2.75) is 6.54 Å². The highest BCUT2D eigenvalue weighted by atomic mass is 35.5. The van der Waals surface area contributed by atoms with E-state index in [1.54, 1.807) is 20.4 Å². The second kappa shape index (κ2) is 7.55. The van der Waals surface area contributed by atoms with Crippen LogP contribution in [-0.2, 0) is 6.54 Å². The van der Waals surface area contributed by atoms with Crippen molar-refractivity contribution in [2.24, 2.45) is 5.10 Å². The summed E-state index contributed by atoms with van der Waals surface area (Å²) in [6.45, 7) is 0.564. The number of hydrogen-bond acceptors (Lipinski definition) is 4. The van der Waals surface area contributed by atoms with Gasteiger partial charge < -0.3 is 14.9 Å². The largest absolute Gasteiger partial charge is 0.497 e. The fourth-order valence-corrected chi connectivity index (χ4v) is 2.02. The van der Waals surface area contributed by atoms with Crippen molar-refractivity contribution in [1.29, 1.82) is 0 Å². The molecule has 0 aliphatic carbocycles. The Labute approximate surface area is 129 Å². The lowest BCUT2D eigenvalue weighted by molar-refractivity contribution is 0.394. The minimum absolute atomic E-state index is 0.564. The molecule has 2 aromatic rings. The number of benzene rings is 2. The fraction of sp³-hybridized carbons (Fsp3) is 0.188. The lowest BCUT2D eigenvalue weighted by Gasteiger charge is -2.07. The van der Waals surface area contributed by atoms with Gasteiger partial charge in [-0.2, -0.15) is 5.10 Å². The van der Waals surface area contributed by atoms with Gasteiger partial charge in [0, 0.05) is 16.7 Å². The minimum Gasteiger partial charge on any atom is -0.497 e. The Bertz CT molecular complexity index is 629. The second-order valence-electron chi connectivity index (χ2n) is 4.29.